The van der Waals surface area contributed by atoms with Gasteiger partial charge >= 0.3 is 115 Å². The number of nitrogens with one attached hydrogen (secondary N) is 2. The largest absolute Gasteiger partial charge is 1.00 e. The van der Waals surface area contributed by atoms with Crippen molar-refractivity contribution in [2.75, 3.05) is 13.2 Å². The van der Waals surface area contributed by atoms with Crippen LogP contribution in [0.4, 0.5) is 0 Å². The molecule has 40 nitrogen and oxygen atoms in total. The number of hydrogen-bond donors (Lipinski definition) is 15. The summed E-state index contributed by atoms with van der Waals surface area (Å²) in [5.41, 5.74) is 0. The second kappa shape index (κ2) is 26.0. The summed E-state index contributed by atoms with van der Waals surface area (Å²) < 4.78 is 222. The van der Waals surface area contributed by atoms with E-state index in [9.17, 15) is 116 Å². The van der Waals surface area contributed by atoms with Crippen molar-refractivity contribution in [2.24, 2.45) is 0 Å². The third kappa shape index (κ3) is 18.5. The fraction of sp³-hybridized carbons (Fsp3) is 0.885. The van der Waals surface area contributed by atoms with Gasteiger partial charge in [0, 0.05) is 6.92 Å². The summed E-state index contributed by atoms with van der Waals surface area (Å²) >= 11 is 0. The van der Waals surface area contributed by atoms with Crippen LogP contribution in [0.25, 0.3) is 0 Å². The Morgan fingerprint density at radius 2 is 0.986 bits per heavy atom. The zero-order chi connectivity index (χ0) is 53.4. The molecule has 46 heteroatoms. The van der Waals surface area contributed by atoms with E-state index >= 15 is 0 Å². The molecule has 4 aliphatic heterocycles. The molecule has 0 bridgehead atoms. The summed E-state index contributed by atoms with van der Waals surface area (Å²) in [5, 5.41) is 86.0. The molecule has 0 unspecified atom stereocenters. The Kier molecular flexibility index (Phi) is 24.2. The Bertz CT molecular complexity index is 2450. The Morgan fingerprint density at radius 1 is 0.528 bits per heavy atom. The number of rotatable bonds is 21. The average Bonchev–Trinajstić information content (AvgIpc) is 3.18. The van der Waals surface area contributed by atoms with Crippen LogP contribution in [0.3, 0.4) is 0 Å². The SMILES string of the molecule is CC(=O)N[C@@H]1[C@@H](O)[C@H](O[C@@H]2O[C@H](C(=O)O)[C@@H](O[C@@H]3O[C@H](CO)[C@@H](O[C@H]4O[C@@H](C(=O)O)[C@H](O)[C@@H](O)[C@@H]4OS(=O)(=O)O)[C@H](OS(=O)(=O)O)[C@H]3NS(=O)(=O)O)[C@H](O)[C@H]2OS(=O)(=O)O)[C@H](COS(=O)(=O)O)O[C@H]1O.[K+].[OH-]. The van der Waals surface area contributed by atoms with E-state index in [0.717, 1.165) is 6.92 Å². The maximum absolute atomic E-state index is 12.7. The van der Waals surface area contributed by atoms with E-state index in [-0.39, 0.29) is 56.9 Å². The number of carbonyl (C=O) groups is 3. The van der Waals surface area contributed by atoms with Gasteiger partial charge < -0.3 is 84.8 Å². The van der Waals surface area contributed by atoms with Crippen LogP contribution < -0.4 is 61.4 Å². The zero-order valence-electron chi connectivity index (χ0n) is 35.6. The molecule has 4 fully saturated rings. The molecule has 20 atom stereocenters. The summed E-state index contributed by atoms with van der Waals surface area (Å²) in [6, 6.07) is -4.96. The number of carboxylic acids is 2. The van der Waals surface area contributed by atoms with Crippen LogP contribution >= 0.6 is 0 Å². The first-order valence-electron chi connectivity index (χ1n) is 18.5. The first-order valence-corrected chi connectivity index (χ1v) is 25.4. The van der Waals surface area contributed by atoms with Gasteiger partial charge in [-0.2, -0.15) is 46.8 Å². The molecule has 4 aliphatic rings. The second-order valence-corrected chi connectivity index (χ2v) is 20.0. The van der Waals surface area contributed by atoms with Crippen LogP contribution in [-0.2, 0) is 116 Å². The van der Waals surface area contributed by atoms with Gasteiger partial charge in [-0.3, -0.25) is 27.6 Å². The Hall–Kier alpha value is -1.16. The first kappa shape index (κ1) is 66.9. The summed E-state index contributed by atoms with van der Waals surface area (Å²) in [4.78, 5) is 36.4. The molecule has 0 aromatic rings. The fourth-order valence-electron chi connectivity index (χ4n) is 7.05. The number of carboxylic acid groups (broad SMARTS) is 2. The maximum Gasteiger partial charge on any atom is 1.00 e. The molecule has 0 saturated carbocycles. The molecule has 0 aliphatic carbocycles. The van der Waals surface area contributed by atoms with Gasteiger partial charge in [-0.05, 0) is 0 Å². The van der Waals surface area contributed by atoms with Gasteiger partial charge in [-0.15, -0.1) is 0 Å². The minimum absolute atomic E-state index is 0. The summed E-state index contributed by atoms with van der Waals surface area (Å²) in [7, 11) is -29.1. The van der Waals surface area contributed by atoms with Gasteiger partial charge in [0.1, 0.15) is 73.1 Å². The van der Waals surface area contributed by atoms with Crippen LogP contribution in [0.2, 0.25) is 0 Å². The molecule has 0 aromatic heterocycles. The van der Waals surface area contributed by atoms with E-state index in [1.165, 1.54) is 4.72 Å². The van der Waals surface area contributed by atoms with Crippen molar-refractivity contribution in [3.8, 4) is 0 Å². The van der Waals surface area contributed by atoms with Gasteiger partial charge in [-0.1, -0.05) is 0 Å². The molecule has 16 N–H and O–H groups in total. The third-order valence-electron chi connectivity index (χ3n) is 9.68. The van der Waals surface area contributed by atoms with Crippen LogP contribution in [-0.4, -0.2) is 265 Å². The monoisotopic (exact) mass is 1190 g/mol. The van der Waals surface area contributed by atoms with Crippen molar-refractivity contribution >= 4 is 69.7 Å². The molecule has 0 aromatic carbocycles. The van der Waals surface area contributed by atoms with E-state index in [0.29, 0.717) is 0 Å². The van der Waals surface area contributed by atoms with Crippen LogP contribution in [0, 0.1) is 0 Å². The van der Waals surface area contributed by atoms with E-state index in [2.05, 4.69) is 16.7 Å². The number of amides is 1. The van der Waals surface area contributed by atoms with Crippen LogP contribution in [0.5, 0.6) is 0 Å². The molecule has 416 valence electrons. The average molecular weight is 1190 g/mol. The summed E-state index contributed by atoms with van der Waals surface area (Å²) in [6.45, 7) is -2.24. The number of ether oxygens (including phenoxy) is 7. The van der Waals surface area contributed by atoms with Gasteiger partial charge in [0.2, 0.25) is 5.91 Å². The van der Waals surface area contributed by atoms with E-state index in [1.54, 1.807) is 0 Å². The minimum Gasteiger partial charge on any atom is -0.870 e. The smallest absolute Gasteiger partial charge is 0.870 e. The minimum atomic E-state index is -6.09. The number of aliphatic hydroxyl groups is 6. The van der Waals surface area contributed by atoms with Crippen molar-refractivity contribution in [3.05, 3.63) is 0 Å². The molecule has 4 heterocycles. The predicted octanol–water partition coefficient (Wildman–Crippen LogP) is -13.9. The van der Waals surface area contributed by atoms with Crippen molar-refractivity contribution in [1.29, 1.82) is 0 Å². The van der Waals surface area contributed by atoms with E-state index in [4.69, 9.17) is 37.7 Å². The number of carbonyl (C=O) groups excluding carboxylic acids is 1. The first-order chi connectivity index (χ1) is 31.8. The normalized spacial score (nSPS) is 38.1. The molecular formula is C26H43KN2O38S5. The van der Waals surface area contributed by atoms with E-state index < -0.39 is 206 Å². The Balaban J connectivity index is 0.00000888. The Labute approximate surface area is 446 Å². The van der Waals surface area contributed by atoms with E-state index in [1.807, 2.05) is 5.32 Å². The van der Waals surface area contributed by atoms with Crippen molar-refractivity contribution in [2.45, 2.75) is 130 Å². The topological polar surface area (TPSA) is 640 Å². The van der Waals surface area contributed by atoms with Gasteiger partial charge in [-0.25, -0.2) is 26.3 Å². The quantitative estimate of drug-likeness (QED) is 0.0375. The summed E-state index contributed by atoms with van der Waals surface area (Å²) in [5.74, 6) is -5.49. The van der Waals surface area contributed by atoms with Crippen molar-refractivity contribution in [3.63, 3.8) is 0 Å². The summed E-state index contributed by atoms with van der Waals surface area (Å²) in [6.07, 6.45) is -49.1. The van der Waals surface area contributed by atoms with Crippen LogP contribution in [0.1, 0.15) is 6.92 Å². The second-order valence-electron chi connectivity index (χ2n) is 14.6. The van der Waals surface area contributed by atoms with Gasteiger partial charge in [0.25, 0.3) is 0 Å². The molecule has 4 rings (SSSR count). The number of hydrogen-bond acceptors (Lipinski definition) is 31. The van der Waals surface area contributed by atoms with Gasteiger partial charge in [0.05, 0.1) is 13.2 Å². The van der Waals surface area contributed by atoms with Crippen molar-refractivity contribution in [1.82, 2.24) is 10.0 Å². The molecule has 0 radical (unpaired) electrons. The number of aliphatic carboxylic acids is 2. The molecule has 4 saturated heterocycles. The van der Waals surface area contributed by atoms with Gasteiger partial charge in [0.15, 0.2) is 49.6 Å². The predicted molar refractivity (Wildman–Crippen MR) is 203 cm³/mol. The fourth-order valence-corrected chi connectivity index (χ4v) is 9.43. The van der Waals surface area contributed by atoms with Crippen molar-refractivity contribution < 1.29 is 227 Å². The maximum atomic E-state index is 12.7. The molecular weight excluding hydrogens is 1150 g/mol. The molecule has 0 spiro atoms. The third-order valence-corrected chi connectivity index (χ3v) is 12.1. The molecule has 72 heavy (non-hydrogen) atoms. The standard InChI is InChI=1S/C26H42N2O37S5.K.H2O/c1-4(30)27-7-9(31)13(6(56-23(7)39)3-55-67(43,44)45)58-26-19(65-70(52,53)54)12(34)16(20(62-26)22(37)38)60-24-8(28-66(40,41)42)15(63-68(46,47)48)14(5(2-29)57-24)59-25-18(64-69(49,50)51)11(33)10(32)17(61-25)21(35)36;;/h5-20,23-26,28-29,31-34,39H,2-3H2,1H3,(H,27,30)(H,35,36)(H,37,38)(H,40,41,42)(H,43,44,45)(H,46,47,48)(H,49,50,51)(H,52,53,54);;1H2/q;+1;/p-1/t5-,6+,7-,8-,9-,10-,11-,12+,13-,14-,15-,16+,17-,18+,19-,20+,23-,24+,25+,26-;;/m1../s1. The van der Waals surface area contributed by atoms with Crippen LogP contribution in [0.15, 0.2) is 0 Å². The zero-order valence-corrected chi connectivity index (χ0v) is 42.8. The number of aliphatic hydroxyl groups excluding tert-OH is 6. The molecule has 1 amide bonds. The Morgan fingerprint density at radius 3 is 1.43 bits per heavy atom.